The molecule has 3 nitrogen and oxygen atoms in total. The zero-order chi connectivity index (χ0) is 10.2. The summed E-state index contributed by atoms with van der Waals surface area (Å²) < 4.78 is 7.87. The quantitative estimate of drug-likeness (QED) is 0.721. The predicted octanol–water partition coefficient (Wildman–Crippen LogP) is 2.15. The average Bonchev–Trinajstić information content (AvgIpc) is 2.59. The third-order valence-corrected chi connectivity index (χ3v) is 2.72. The molecule has 14 heavy (non-hydrogen) atoms. The predicted molar refractivity (Wildman–Crippen MR) is 55.2 cm³/mol. The Hall–Kier alpha value is -0.830. The first-order chi connectivity index (χ1) is 6.55. The van der Waals surface area contributed by atoms with Gasteiger partial charge in [0.25, 0.3) is 0 Å². The highest BCUT2D eigenvalue weighted by atomic mass is 16.5. The van der Waals surface area contributed by atoms with Crippen molar-refractivity contribution in [2.24, 2.45) is 0 Å². The fourth-order valence-electron chi connectivity index (χ4n) is 1.98. The molecule has 0 saturated carbocycles. The van der Waals surface area contributed by atoms with Gasteiger partial charge in [0, 0.05) is 6.20 Å². The molecule has 1 unspecified atom stereocenters. The van der Waals surface area contributed by atoms with Gasteiger partial charge < -0.3 is 4.74 Å². The minimum absolute atomic E-state index is 0.0624. The monoisotopic (exact) mass is 194 g/mol. The molecule has 1 saturated heterocycles. The zero-order valence-corrected chi connectivity index (χ0v) is 9.16. The van der Waals surface area contributed by atoms with Crippen LogP contribution in [0, 0.1) is 6.92 Å². The van der Waals surface area contributed by atoms with E-state index in [-0.39, 0.29) is 5.60 Å². The van der Waals surface area contributed by atoms with Gasteiger partial charge in [-0.15, -0.1) is 0 Å². The van der Waals surface area contributed by atoms with Crippen molar-refractivity contribution in [1.82, 2.24) is 9.78 Å². The van der Waals surface area contributed by atoms with Crippen molar-refractivity contribution in [2.45, 2.75) is 51.9 Å². The van der Waals surface area contributed by atoms with Crippen LogP contribution in [0.3, 0.4) is 0 Å². The molecule has 1 aromatic heterocycles. The zero-order valence-electron chi connectivity index (χ0n) is 9.16. The van der Waals surface area contributed by atoms with Gasteiger partial charge in [0.1, 0.15) is 0 Å². The smallest absolute Gasteiger partial charge is 0.0779 e. The molecule has 3 heteroatoms. The number of nitrogens with zero attached hydrogens (tertiary/aromatic N) is 2. The topological polar surface area (TPSA) is 27.1 Å². The molecule has 0 aromatic carbocycles. The van der Waals surface area contributed by atoms with Gasteiger partial charge >= 0.3 is 0 Å². The Bertz CT molecular complexity index is 317. The van der Waals surface area contributed by atoms with E-state index in [1.54, 1.807) is 0 Å². The van der Waals surface area contributed by atoms with Crippen molar-refractivity contribution in [3.05, 3.63) is 18.0 Å². The van der Waals surface area contributed by atoms with Crippen LogP contribution in [0.2, 0.25) is 0 Å². The number of aromatic nitrogens is 2. The number of rotatable bonds is 2. The van der Waals surface area contributed by atoms with Crippen molar-refractivity contribution in [3.8, 4) is 0 Å². The maximum absolute atomic E-state index is 5.90. The van der Waals surface area contributed by atoms with E-state index in [9.17, 15) is 0 Å². The van der Waals surface area contributed by atoms with Crippen LogP contribution in [-0.4, -0.2) is 21.5 Å². The third-order valence-electron chi connectivity index (χ3n) is 2.72. The van der Waals surface area contributed by atoms with Crippen LogP contribution >= 0.6 is 0 Å². The summed E-state index contributed by atoms with van der Waals surface area (Å²) in [5.74, 6) is 0. The molecule has 2 heterocycles. The van der Waals surface area contributed by atoms with Crippen molar-refractivity contribution in [1.29, 1.82) is 0 Å². The van der Waals surface area contributed by atoms with Gasteiger partial charge in [-0.3, -0.25) is 4.68 Å². The molecule has 1 aromatic rings. The minimum Gasteiger partial charge on any atom is -0.370 e. The molecule has 0 N–H and O–H groups in total. The summed E-state index contributed by atoms with van der Waals surface area (Å²) in [6.07, 6.45) is 4.65. The molecule has 0 radical (unpaired) electrons. The maximum atomic E-state index is 5.90. The molecule has 0 spiro atoms. The number of ether oxygens (including phenoxy) is 1. The summed E-state index contributed by atoms with van der Waals surface area (Å²) in [7, 11) is 0. The van der Waals surface area contributed by atoms with E-state index < -0.39 is 0 Å². The first-order valence-electron chi connectivity index (χ1n) is 5.23. The summed E-state index contributed by atoms with van der Waals surface area (Å²) in [5, 5.41) is 4.36. The molecule has 1 aliphatic heterocycles. The molecular weight excluding hydrogens is 176 g/mol. The van der Waals surface area contributed by atoms with E-state index in [1.165, 1.54) is 0 Å². The van der Waals surface area contributed by atoms with Crippen LogP contribution in [0.15, 0.2) is 12.3 Å². The normalized spacial score (nSPS) is 25.5. The van der Waals surface area contributed by atoms with Crippen molar-refractivity contribution >= 4 is 0 Å². The molecule has 0 aliphatic carbocycles. The molecular formula is C11H18N2O. The second-order valence-electron chi connectivity index (χ2n) is 4.72. The molecule has 2 rings (SSSR count). The Morgan fingerprint density at radius 2 is 2.43 bits per heavy atom. The SMILES string of the molecule is Cc1ccn(CC2CCC(C)(C)O2)n1. The van der Waals surface area contributed by atoms with Crippen LogP contribution in [-0.2, 0) is 11.3 Å². The largest absolute Gasteiger partial charge is 0.370 e. The molecule has 1 fully saturated rings. The van der Waals surface area contributed by atoms with Gasteiger partial charge in [0.05, 0.1) is 23.9 Å². The number of aryl methyl sites for hydroxylation is 1. The average molecular weight is 194 g/mol. The second-order valence-corrected chi connectivity index (χ2v) is 4.72. The lowest BCUT2D eigenvalue weighted by Crippen LogP contribution is -2.23. The van der Waals surface area contributed by atoms with Gasteiger partial charge in [-0.1, -0.05) is 0 Å². The number of hydrogen-bond acceptors (Lipinski definition) is 2. The highest BCUT2D eigenvalue weighted by molar-refractivity contribution is 4.95. The summed E-state index contributed by atoms with van der Waals surface area (Å²) >= 11 is 0. The fraction of sp³-hybridized carbons (Fsp3) is 0.727. The molecule has 0 bridgehead atoms. The standard InChI is InChI=1S/C11H18N2O/c1-9-5-7-13(12-9)8-10-4-6-11(2,3)14-10/h5,7,10H,4,6,8H2,1-3H3. The Morgan fingerprint density at radius 3 is 2.93 bits per heavy atom. The minimum atomic E-state index is 0.0624. The molecule has 78 valence electrons. The van der Waals surface area contributed by atoms with Crippen LogP contribution in [0.4, 0.5) is 0 Å². The van der Waals surface area contributed by atoms with E-state index in [4.69, 9.17) is 4.74 Å². The summed E-state index contributed by atoms with van der Waals surface area (Å²) in [5.41, 5.74) is 1.13. The Morgan fingerprint density at radius 1 is 1.64 bits per heavy atom. The van der Waals surface area contributed by atoms with Gasteiger partial charge in [-0.25, -0.2) is 0 Å². The third kappa shape index (κ3) is 2.15. The van der Waals surface area contributed by atoms with Crippen LogP contribution < -0.4 is 0 Å². The second kappa shape index (κ2) is 3.39. The fourth-order valence-corrected chi connectivity index (χ4v) is 1.98. The van der Waals surface area contributed by atoms with E-state index in [0.29, 0.717) is 6.10 Å². The first kappa shape index (κ1) is 9.71. The van der Waals surface area contributed by atoms with E-state index in [0.717, 1.165) is 25.1 Å². The van der Waals surface area contributed by atoms with Crippen molar-refractivity contribution < 1.29 is 4.74 Å². The highest BCUT2D eigenvalue weighted by Gasteiger charge is 2.31. The lowest BCUT2D eigenvalue weighted by Gasteiger charge is -2.19. The summed E-state index contributed by atoms with van der Waals surface area (Å²) in [4.78, 5) is 0. The van der Waals surface area contributed by atoms with Crippen LogP contribution in [0.5, 0.6) is 0 Å². The summed E-state index contributed by atoms with van der Waals surface area (Å²) in [6.45, 7) is 7.20. The highest BCUT2D eigenvalue weighted by Crippen LogP contribution is 2.29. The van der Waals surface area contributed by atoms with Gasteiger partial charge in [0.15, 0.2) is 0 Å². The van der Waals surface area contributed by atoms with Gasteiger partial charge in [-0.05, 0) is 39.7 Å². The van der Waals surface area contributed by atoms with Crippen molar-refractivity contribution in [2.75, 3.05) is 0 Å². The Balaban J connectivity index is 1.94. The van der Waals surface area contributed by atoms with Gasteiger partial charge in [-0.2, -0.15) is 5.10 Å². The Labute approximate surface area is 85.1 Å². The van der Waals surface area contributed by atoms with Crippen molar-refractivity contribution in [3.63, 3.8) is 0 Å². The molecule has 0 amide bonds. The molecule has 1 atom stereocenters. The van der Waals surface area contributed by atoms with E-state index in [1.807, 2.05) is 23.9 Å². The van der Waals surface area contributed by atoms with Crippen LogP contribution in [0.1, 0.15) is 32.4 Å². The van der Waals surface area contributed by atoms with E-state index >= 15 is 0 Å². The first-order valence-corrected chi connectivity index (χ1v) is 5.23. The molecule has 1 aliphatic rings. The maximum Gasteiger partial charge on any atom is 0.0779 e. The lowest BCUT2D eigenvalue weighted by molar-refractivity contribution is -0.0229. The number of hydrogen-bond donors (Lipinski definition) is 0. The Kier molecular flexibility index (Phi) is 2.35. The van der Waals surface area contributed by atoms with Gasteiger partial charge in [0.2, 0.25) is 0 Å². The van der Waals surface area contributed by atoms with Crippen LogP contribution in [0.25, 0.3) is 0 Å². The summed E-state index contributed by atoms with van der Waals surface area (Å²) in [6, 6.07) is 2.03. The van der Waals surface area contributed by atoms with E-state index in [2.05, 4.69) is 18.9 Å². The lowest BCUT2D eigenvalue weighted by atomic mass is 10.1.